The van der Waals surface area contributed by atoms with E-state index in [1.807, 2.05) is 0 Å². The normalized spacial score (nSPS) is 12.8. The molecule has 6 nitrogen and oxygen atoms in total. The molecule has 0 fully saturated rings. The lowest BCUT2D eigenvalue weighted by atomic mass is 10.0. The zero-order chi connectivity index (χ0) is 57.8. The molecule has 0 aliphatic heterocycles. The first kappa shape index (κ1) is 76.1. The third kappa shape index (κ3) is 64.9. The fourth-order valence-electron chi connectivity index (χ4n) is 9.41. The van der Waals surface area contributed by atoms with E-state index < -0.39 is 6.10 Å². The minimum atomic E-state index is -0.797. The molecule has 1 atom stereocenters. The highest BCUT2D eigenvalue weighted by molar-refractivity contribution is 5.71. The highest BCUT2D eigenvalue weighted by Gasteiger charge is 2.19. The summed E-state index contributed by atoms with van der Waals surface area (Å²) in [5.41, 5.74) is 0. The maximum Gasteiger partial charge on any atom is 0.306 e. The van der Waals surface area contributed by atoms with Gasteiger partial charge in [-0.25, -0.2) is 0 Å². The van der Waals surface area contributed by atoms with E-state index in [-0.39, 0.29) is 31.1 Å². The summed E-state index contributed by atoms with van der Waals surface area (Å²) in [6.07, 6.45) is 92.4. The van der Waals surface area contributed by atoms with Gasteiger partial charge in [-0.05, 0) is 128 Å². The van der Waals surface area contributed by atoms with E-state index in [2.05, 4.69) is 130 Å². The molecule has 0 rings (SSSR count). The van der Waals surface area contributed by atoms with Crippen LogP contribution in [0.2, 0.25) is 0 Å². The maximum atomic E-state index is 12.9. The van der Waals surface area contributed by atoms with Crippen LogP contribution in [0.15, 0.2) is 109 Å². The van der Waals surface area contributed by atoms with Gasteiger partial charge in [-0.15, -0.1) is 0 Å². The number of rotatable bonds is 61. The molecule has 0 N–H and O–H groups in total. The van der Waals surface area contributed by atoms with Crippen LogP contribution in [0, 0.1) is 0 Å². The van der Waals surface area contributed by atoms with Gasteiger partial charge in [0.1, 0.15) is 13.2 Å². The molecule has 1 unspecified atom stereocenters. The van der Waals surface area contributed by atoms with Crippen molar-refractivity contribution in [3.8, 4) is 0 Å². The minimum absolute atomic E-state index is 0.0904. The summed E-state index contributed by atoms with van der Waals surface area (Å²) in [5.74, 6) is -0.915. The maximum absolute atomic E-state index is 12.9. The molecule has 0 amide bonds. The summed E-state index contributed by atoms with van der Waals surface area (Å²) in [7, 11) is 0. The van der Waals surface area contributed by atoms with Crippen LogP contribution in [0.4, 0.5) is 0 Å². The van der Waals surface area contributed by atoms with Crippen LogP contribution < -0.4 is 0 Å². The lowest BCUT2D eigenvalue weighted by Crippen LogP contribution is -2.30. The first-order valence-electron chi connectivity index (χ1n) is 33.9. The van der Waals surface area contributed by atoms with E-state index in [1.165, 1.54) is 161 Å². The third-order valence-corrected chi connectivity index (χ3v) is 14.5. The van der Waals surface area contributed by atoms with Gasteiger partial charge in [0.15, 0.2) is 6.10 Å². The SMILES string of the molecule is CC/C=C\C/C=C\C/C=C\C/C=C\CCCCCCC(=O)OCC(COC(=O)CCCCCCCCCCCCCC/C=C\C/C=C\C/C=C\CCCCCCC)OC(=O)CCCCCCCCC/C=C\C/C=C\CCCCCC. The second-order valence-electron chi connectivity index (χ2n) is 22.3. The highest BCUT2D eigenvalue weighted by atomic mass is 16.6. The number of carbonyl (C=O) groups is 3. The molecule has 458 valence electrons. The number of esters is 3. The molecule has 0 aliphatic carbocycles. The smallest absolute Gasteiger partial charge is 0.306 e. The first-order valence-corrected chi connectivity index (χ1v) is 33.9. The lowest BCUT2D eigenvalue weighted by Gasteiger charge is -2.18. The molecule has 0 spiro atoms. The van der Waals surface area contributed by atoms with Gasteiger partial charge in [0.25, 0.3) is 0 Å². The molecule has 0 bridgehead atoms. The predicted octanol–water partition coefficient (Wildman–Crippen LogP) is 23.4. The number of ether oxygens (including phenoxy) is 3. The van der Waals surface area contributed by atoms with Crippen molar-refractivity contribution in [2.45, 2.75) is 329 Å². The van der Waals surface area contributed by atoms with Crippen molar-refractivity contribution in [3.05, 3.63) is 109 Å². The van der Waals surface area contributed by atoms with Gasteiger partial charge in [0, 0.05) is 19.3 Å². The van der Waals surface area contributed by atoms with Gasteiger partial charge >= 0.3 is 17.9 Å². The van der Waals surface area contributed by atoms with Crippen LogP contribution in [0.25, 0.3) is 0 Å². The topological polar surface area (TPSA) is 78.9 Å². The highest BCUT2D eigenvalue weighted by Crippen LogP contribution is 2.16. The summed E-state index contributed by atoms with van der Waals surface area (Å²) < 4.78 is 16.9. The monoisotopic (exact) mass is 1110 g/mol. The van der Waals surface area contributed by atoms with E-state index in [9.17, 15) is 14.4 Å². The average molecular weight is 1110 g/mol. The molecule has 0 aromatic carbocycles. The van der Waals surface area contributed by atoms with Gasteiger partial charge in [-0.3, -0.25) is 14.4 Å². The largest absolute Gasteiger partial charge is 0.462 e. The Labute approximate surface area is 495 Å². The quantitative estimate of drug-likeness (QED) is 0.0261. The molecule has 80 heavy (non-hydrogen) atoms. The Morgan fingerprint density at radius 2 is 0.487 bits per heavy atom. The van der Waals surface area contributed by atoms with E-state index in [1.54, 1.807) is 0 Å². The Bertz CT molecular complexity index is 1610. The van der Waals surface area contributed by atoms with Crippen molar-refractivity contribution in [2.24, 2.45) is 0 Å². The van der Waals surface area contributed by atoms with Crippen molar-refractivity contribution < 1.29 is 28.6 Å². The molecule has 0 aliphatic rings. The number of hydrogen-bond donors (Lipinski definition) is 0. The van der Waals surface area contributed by atoms with Crippen molar-refractivity contribution in [1.29, 1.82) is 0 Å². The number of unbranched alkanes of at least 4 members (excludes halogenated alkanes) is 32. The number of carbonyl (C=O) groups excluding carboxylic acids is 3. The third-order valence-electron chi connectivity index (χ3n) is 14.5. The van der Waals surface area contributed by atoms with Gasteiger partial charge in [0.05, 0.1) is 0 Å². The molecule has 0 saturated heterocycles. The van der Waals surface area contributed by atoms with Gasteiger partial charge in [0.2, 0.25) is 0 Å². The van der Waals surface area contributed by atoms with E-state index in [4.69, 9.17) is 14.2 Å². The van der Waals surface area contributed by atoms with E-state index in [0.29, 0.717) is 19.3 Å². The first-order chi connectivity index (χ1) is 39.5. The molecule has 0 heterocycles. The summed E-state index contributed by atoms with van der Waals surface area (Å²) in [6, 6.07) is 0. The van der Waals surface area contributed by atoms with Crippen molar-refractivity contribution in [1.82, 2.24) is 0 Å². The van der Waals surface area contributed by atoms with Gasteiger partial charge in [-0.1, -0.05) is 284 Å². The van der Waals surface area contributed by atoms with E-state index in [0.717, 1.165) is 122 Å². The number of allylic oxidation sites excluding steroid dienone is 18. The molecule has 6 heteroatoms. The minimum Gasteiger partial charge on any atom is -0.462 e. The summed E-state index contributed by atoms with van der Waals surface area (Å²) in [6.45, 7) is 6.50. The van der Waals surface area contributed by atoms with Crippen LogP contribution in [0.5, 0.6) is 0 Å². The Hall–Kier alpha value is -3.93. The van der Waals surface area contributed by atoms with E-state index >= 15 is 0 Å². The molecular formula is C74H126O6. The van der Waals surface area contributed by atoms with Crippen LogP contribution in [0.3, 0.4) is 0 Å². The molecule has 0 radical (unpaired) electrons. The Balaban J connectivity index is 4.37. The Morgan fingerprint density at radius 1 is 0.263 bits per heavy atom. The standard InChI is InChI=1S/C74H126O6/c1-4-7-10-13-16-19-22-25-28-31-33-34-35-36-37-38-39-40-41-44-46-49-52-55-58-61-64-67-73(76)79-70-71(69-78-72(75)66-63-60-57-54-51-48-45-42-30-27-24-21-18-15-12-9-6-3)80-74(77)68-65-62-59-56-53-50-47-43-32-29-26-23-20-17-14-11-8-5-2/h9,12,18,20-23,25,27,29-33,35-36,45,48,71H,4-8,10-11,13-17,19,24,26,28,34,37-44,46-47,49-70H2,1-3H3/b12-9-,21-18-,23-20-,25-22-,30-27-,32-29-,33-31-,36-35-,48-45-. The Kier molecular flexibility index (Phi) is 64.3. The molecule has 0 aromatic heterocycles. The van der Waals surface area contributed by atoms with Crippen molar-refractivity contribution in [3.63, 3.8) is 0 Å². The zero-order valence-corrected chi connectivity index (χ0v) is 52.6. The average Bonchev–Trinajstić information content (AvgIpc) is 3.46. The van der Waals surface area contributed by atoms with Crippen LogP contribution >= 0.6 is 0 Å². The summed E-state index contributed by atoms with van der Waals surface area (Å²) in [5, 5.41) is 0. The Morgan fingerprint density at radius 3 is 0.775 bits per heavy atom. The molecule has 0 saturated carbocycles. The second kappa shape index (κ2) is 67.6. The van der Waals surface area contributed by atoms with Crippen LogP contribution in [0.1, 0.15) is 323 Å². The fraction of sp³-hybridized carbons (Fsp3) is 0.716. The van der Waals surface area contributed by atoms with Crippen molar-refractivity contribution in [2.75, 3.05) is 13.2 Å². The van der Waals surface area contributed by atoms with Gasteiger partial charge in [-0.2, -0.15) is 0 Å². The predicted molar refractivity (Wildman–Crippen MR) is 348 cm³/mol. The summed E-state index contributed by atoms with van der Waals surface area (Å²) in [4.78, 5) is 38.4. The molecular weight excluding hydrogens is 985 g/mol. The zero-order valence-electron chi connectivity index (χ0n) is 52.6. The van der Waals surface area contributed by atoms with Crippen LogP contribution in [-0.2, 0) is 28.6 Å². The number of hydrogen-bond acceptors (Lipinski definition) is 6. The van der Waals surface area contributed by atoms with Gasteiger partial charge < -0.3 is 14.2 Å². The molecule has 0 aromatic rings. The fourth-order valence-corrected chi connectivity index (χ4v) is 9.41. The second-order valence-corrected chi connectivity index (χ2v) is 22.3. The van der Waals surface area contributed by atoms with Crippen LogP contribution in [-0.4, -0.2) is 37.2 Å². The summed E-state index contributed by atoms with van der Waals surface area (Å²) >= 11 is 0. The lowest BCUT2D eigenvalue weighted by molar-refractivity contribution is -0.167. The van der Waals surface area contributed by atoms with Crippen molar-refractivity contribution >= 4 is 17.9 Å².